The molecule has 1 fully saturated rings. The van der Waals surface area contributed by atoms with Gasteiger partial charge in [0.05, 0.1) is 12.5 Å². The Morgan fingerprint density at radius 3 is 2.84 bits per heavy atom. The fourth-order valence-corrected chi connectivity index (χ4v) is 3.53. The lowest BCUT2D eigenvalue weighted by atomic mass is 9.74. The molecule has 5 nitrogen and oxygen atoms in total. The monoisotopic (exact) mass is 282 g/mol. The molecule has 0 bridgehead atoms. The SMILES string of the molecule is CC1(C)CN(C(=O)NCCC(=O)O)C1c1cccs1. The molecule has 0 saturated carbocycles. The predicted molar refractivity (Wildman–Crippen MR) is 73.2 cm³/mol. The van der Waals surface area contributed by atoms with E-state index in [2.05, 4.69) is 19.2 Å². The van der Waals surface area contributed by atoms with Crippen LogP contribution in [0.3, 0.4) is 0 Å². The topological polar surface area (TPSA) is 69.6 Å². The lowest BCUT2D eigenvalue weighted by Gasteiger charge is -2.53. The number of likely N-dealkylation sites (tertiary alicyclic amines) is 1. The van der Waals surface area contributed by atoms with E-state index in [1.807, 2.05) is 17.5 Å². The summed E-state index contributed by atoms with van der Waals surface area (Å²) >= 11 is 1.64. The van der Waals surface area contributed by atoms with Gasteiger partial charge in [0.25, 0.3) is 0 Å². The van der Waals surface area contributed by atoms with Crippen molar-refractivity contribution in [3.63, 3.8) is 0 Å². The Morgan fingerprint density at radius 2 is 2.32 bits per heavy atom. The van der Waals surface area contributed by atoms with Crippen molar-refractivity contribution in [2.45, 2.75) is 26.3 Å². The first kappa shape index (κ1) is 13.9. The van der Waals surface area contributed by atoms with Gasteiger partial charge in [-0.2, -0.15) is 0 Å². The van der Waals surface area contributed by atoms with Gasteiger partial charge in [0, 0.05) is 23.4 Å². The lowest BCUT2D eigenvalue weighted by molar-refractivity contribution is -0.136. The van der Waals surface area contributed by atoms with Crippen LogP contribution in [0.2, 0.25) is 0 Å². The highest BCUT2D eigenvalue weighted by Gasteiger charge is 2.49. The minimum absolute atomic E-state index is 0.0490. The quantitative estimate of drug-likeness (QED) is 0.890. The zero-order valence-corrected chi connectivity index (χ0v) is 11.9. The van der Waals surface area contributed by atoms with Crippen molar-refractivity contribution in [1.82, 2.24) is 10.2 Å². The summed E-state index contributed by atoms with van der Waals surface area (Å²) in [5.41, 5.74) is 0.0645. The third-order valence-corrected chi connectivity index (χ3v) is 4.24. The summed E-state index contributed by atoms with van der Waals surface area (Å²) in [5, 5.41) is 13.2. The van der Waals surface area contributed by atoms with Crippen LogP contribution in [0.15, 0.2) is 17.5 Å². The lowest BCUT2D eigenvalue weighted by Crippen LogP contribution is -2.60. The molecule has 1 unspecified atom stereocenters. The van der Waals surface area contributed by atoms with Crippen LogP contribution in [0.1, 0.15) is 31.2 Å². The first-order valence-electron chi connectivity index (χ1n) is 6.21. The average Bonchev–Trinajstić information content (AvgIpc) is 2.78. The van der Waals surface area contributed by atoms with Gasteiger partial charge in [-0.1, -0.05) is 19.9 Å². The van der Waals surface area contributed by atoms with Gasteiger partial charge in [-0.05, 0) is 11.4 Å². The fourth-order valence-electron chi connectivity index (χ4n) is 2.48. The summed E-state index contributed by atoms with van der Waals surface area (Å²) in [7, 11) is 0. The predicted octanol–water partition coefficient (Wildman–Crippen LogP) is 2.32. The average molecular weight is 282 g/mol. The molecule has 0 aliphatic carbocycles. The van der Waals surface area contributed by atoms with E-state index in [0.717, 1.165) is 0 Å². The Bertz CT molecular complexity index is 470. The van der Waals surface area contributed by atoms with Gasteiger partial charge >= 0.3 is 12.0 Å². The van der Waals surface area contributed by atoms with E-state index in [-0.39, 0.29) is 30.5 Å². The third-order valence-electron chi connectivity index (χ3n) is 3.32. The number of hydrogen-bond donors (Lipinski definition) is 2. The molecule has 1 aliphatic heterocycles. The number of carbonyl (C=O) groups is 2. The molecular weight excluding hydrogens is 264 g/mol. The molecule has 104 valence electrons. The van der Waals surface area contributed by atoms with Crippen LogP contribution in [-0.4, -0.2) is 35.1 Å². The molecule has 6 heteroatoms. The molecule has 1 atom stereocenters. The van der Waals surface area contributed by atoms with Crippen LogP contribution < -0.4 is 5.32 Å². The summed E-state index contributed by atoms with van der Waals surface area (Å²) in [6, 6.07) is 3.92. The smallest absolute Gasteiger partial charge is 0.317 e. The van der Waals surface area contributed by atoms with Crippen molar-refractivity contribution in [2.24, 2.45) is 5.41 Å². The van der Waals surface area contributed by atoms with E-state index in [1.54, 1.807) is 16.2 Å². The van der Waals surface area contributed by atoms with E-state index in [0.29, 0.717) is 6.54 Å². The van der Waals surface area contributed by atoms with E-state index in [1.165, 1.54) is 4.88 Å². The molecule has 0 spiro atoms. The van der Waals surface area contributed by atoms with Crippen LogP contribution in [0, 0.1) is 5.41 Å². The van der Waals surface area contributed by atoms with Crippen molar-refractivity contribution >= 4 is 23.3 Å². The highest BCUT2D eigenvalue weighted by atomic mass is 32.1. The standard InChI is InChI=1S/C13H18N2O3S/c1-13(2)8-15(11(13)9-4-3-7-19-9)12(18)14-6-5-10(16)17/h3-4,7,11H,5-6,8H2,1-2H3,(H,14,18)(H,16,17). The van der Waals surface area contributed by atoms with Gasteiger partial charge in [-0.15, -0.1) is 11.3 Å². The normalized spacial score (nSPS) is 20.7. The second-order valence-corrected chi connectivity index (χ2v) is 6.39. The maximum atomic E-state index is 12.0. The Kier molecular flexibility index (Phi) is 3.80. The molecule has 1 aromatic heterocycles. The van der Waals surface area contributed by atoms with E-state index in [4.69, 9.17) is 5.11 Å². The fraction of sp³-hybridized carbons (Fsp3) is 0.538. The molecule has 19 heavy (non-hydrogen) atoms. The molecule has 2 rings (SSSR count). The summed E-state index contributed by atoms with van der Waals surface area (Å²) in [6.45, 7) is 5.13. The highest BCUT2D eigenvalue weighted by molar-refractivity contribution is 7.10. The maximum Gasteiger partial charge on any atom is 0.317 e. The first-order valence-corrected chi connectivity index (χ1v) is 7.09. The summed E-state index contributed by atoms with van der Waals surface area (Å²) in [5.74, 6) is -0.904. The van der Waals surface area contributed by atoms with Crippen molar-refractivity contribution in [2.75, 3.05) is 13.1 Å². The van der Waals surface area contributed by atoms with Gasteiger partial charge in [0.2, 0.25) is 0 Å². The molecule has 1 aromatic rings. The van der Waals surface area contributed by atoms with Gasteiger partial charge in [0.15, 0.2) is 0 Å². The van der Waals surface area contributed by atoms with Crippen LogP contribution in [0.4, 0.5) is 4.79 Å². The van der Waals surface area contributed by atoms with Crippen LogP contribution in [0.25, 0.3) is 0 Å². The van der Waals surface area contributed by atoms with Crippen LogP contribution in [0.5, 0.6) is 0 Å². The number of nitrogens with zero attached hydrogens (tertiary/aromatic N) is 1. The second-order valence-electron chi connectivity index (χ2n) is 5.41. The van der Waals surface area contributed by atoms with E-state index in [9.17, 15) is 9.59 Å². The molecule has 1 saturated heterocycles. The zero-order chi connectivity index (χ0) is 14.0. The molecule has 1 aliphatic rings. The number of urea groups is 1. The molecule has 2 N–H and O–H groups in total. The van der Waals surface area contributed by atoms with Crippen molar-refractivity contribution in [1.29, 1.82) is 0 Å². The molecule has 0 radical (unpaired) electrons. The molecule has 0 aromatic carbocycles. The van der Waals surface area contributed by atoms with Crippen molar-refractivity contribution in [3.8, 4) is 0 Å². The number of hydrogen-bond acceptors (Lipinski definition) is 3. The zero-order valence-electron chi connectivity index (χ0n) is 11.0. The van der Waals surface area contributed by atoms with Gasteiger partial charge in [-0.25, -0.2) is 4.79 Å². The number of thiophene rings is 1. The molecular formula is C13H18N2O3S. The largest absolute Gasteiger partial charge is 0.481 e. The van der Waals surface area contributed by atoms with E-state index >= 15 is 0 Å². The van der Waals surface area contributed by atoms with Crippen molar-refractivity contribution in [3.05, 3.63) is 22.4 Å². The number of carboxylic acids is 1. The Morgan fingerprint density at radius 1 is 1.58 bits per heavy atom. The summed E-state index contributed by atoms with van der Waals surface area (Å²) in [4.78, 5) is 25.4. The number of rotatable bonds is 4. The van der Waals surface area contributed by atoms with Crippen LogP contribution in [-0.2, 0) is 4.79 Å². The van der Waals surface area contributed by atoms with Crippen LogP contribution >= 0.6 is 11.3 Å². The second kappa shape index (κ2) is 5.21. The number of nitrogens with one attached hydrogen (secondary N) is 1. The highest BCUT2D eigenvalue weighted by Crippen LogP contribution is 2.49. The Balaban J connectivity index is 1.97. The van der Waals surface area contributed by atoms with Gasteiger partial charge in [0.1, 0.15) is 0 Å². The first-order chi connectivity index (χ1) is 8.92. The van der Waals surface area contributed by atoms with E-state index < -0.39 is 5.97 Å². The number of amides is 2. The minimum Gasteiger partial charge on any atom is -0.481 e. The van der Waals surface area contributed by atoms with Crippen molar-refractivity contribution < 1.29 is 14.7 Å². The van der Waals surface area contributed by atoms with Gasteiger partial charge in [-0.3, -0.25) is 4.79 Å². The molecule has 2 amide bonds. The number of carboxylic acid groups (broad SMARTS) is 1. The number of aliphatic carboxylic acids is 1. The maximum absolute atomic E-state index is 12.0. The summed E-state index contributed by atoms with van der Waals surface area (Å²) in [6.07, 6.45) is -0.0490. The summed E-state index contributed by atoms with van der Waals surface area (Å²) < 4.78 is 0. The minimum atomic E-state index is -0.904. The Labute approximate surface area is 116 Å². The molecule has 2 heterocycles. The number of carbonyl (C=O) groups excluding carboxylic acids is 1. The Hall–Kier alpha value is -1.56. The van der Waals surface area contributed by atoms with Gasteiger partial charge < -0.3 is 15.3 Å². The third kappa shape index (κ3) is 2.89.